The molecule has 2 unspecified atom stereocenters. The largest absolute Gasteiger partial charge is 0.442 e. The molecule has 0 bridgehead atoms. The van der Waals surface area contributed by atoms with E-state index in [0.29, 0.717) is 6.54 Å². The second kappa shape index (κ2) is 4.48. The molecule has 98 valence electrons. The maximum Gasteiger partial charge on any atom is 0.404 e. The highest BCUT2D eigenvalue weighted by Crippen LogP contribution is 2.38. The molecule has 1 aliphatic heterocycles. The molecule has 0 spiro atoms. The Balaban J connectivity index is 2.17. The van der Waals surface area contributed by atoms with E-state index < -0.39 is 6.09 Å². The molecule has 1 aromatic rings. The van der Waals surface area contributed by atoms with Gasteiger partial charge in [-0.1, -0.05) is 20.8 Å². The fourth-order valence-electron chi connectivity index (χ4n) is 2.54. The molecule has 1 saturated heterocycles. The first kappa shape index (κ1) is 12.7. The maximum atomic E-state index is 10.9. The summed E-state index contributed by atoms with van der Waals surface area (Å²) in [5.41, 5.74) is 6.14. The van der Waals surface area contributed by atoms with Crippen molar-refractivity contribution in [2.75, 3.05) is 11.4 Å². The minimum atomic E-state index is -0.708. The highest BCUT2D eigenvalue weighted by molar-refractivity contribution is 5.65. The van der Waals surface area contributed by atoms with Crippen molar-refractivity contribution in [3.8, 4) is 0 Å². The molecule has 0 saturated carbocycles. The molecule has 2 heterocycles. The number of amides is 1. The number of aromatic nitrogens is 1. The number of nitrogens with two attached hydrogens (primary N) is 1. The molecule has 5 nitrogen and oxygen atoms in total. The highest BCUT2D eigenvalue weighted by Gasteiger charge is 2.48. The molecule has 2 atom stereocenters. The SMILES string of the molecule is CC(C)(C)C1C(OC(N)=O)CN1c1cccnc1. The number of carbonyl (C=O) groups excluding carboxylic acids is 1. The van der Waals surface area contributed by atoms with Gasteiger partial charge in [0.1, 0.15) is 6.10 Å². The van der Waals surface area contributed by atoms with Gasteiger partial charge >= 0.3 is 6.09 Å². The average molecular weight is 249 g/mol. The molecule has 2 N–H and O–H groups in total. The Morgan fingerprint density at radius 1 is 1.56 bits per heavy atom. The Morgan fingerprint density at radius 3 is 2.78 bits per heavy atom. The smallest absolute Gasteiger partial charge is 0.404 e. The number of anilines is 1. The topological polar surface area (TPSA) is 68.5 Å². The van der Waals surface area contributed by atoms with Crippen molar-refractivity contribution in [3.63, 3.8) is 0 Å². The monoisotopic (exact) mass is 249 g/mol. The zero-order chi connectivity index (χ0) is 13.3. The van der Waals surface area contributed by atoms with E-state index in [1.807, 2.05) is 18.3 Å². The van der Waals surface area contributed by atoms with Crippen LogP contribution in [0.15, 0.2) is 24.5 Å². The first-order chi connectivity index (χ1) is 8.39. The average Bonchev–Trinajstić information content (AvgIpc) is 2.22. The Hall–Kier alpha value is -1.78. The zero-order valence-corrected chi connectivity index (χ0v) is 11.0. The van der Waals surface area contributed by atoms with Gasteiger partial charge in [0.15, 0.2) is 0 Å². The predicted octanol–water partition coefficient (Wildman–Crippen LogP) is 1.78. The van der Waals surface area contributed by atoms with Gasteiger partial charge < -0.3 is 15.4 Å². The van der Waals surface area contributed by atoms with Gasteiger partial charge in [-0.05, 0) is 17.5 Å². The summed E-state index contributed by atoms with van der Waals surface area (Å²) in [4.78, 5) is 17.2. The van der Waals surface area contributed by atoms with Crippen LogP contribution in [0.1, 0.15) is 20.8 Å². The molecule has 5 heteroatoms. The molecule has 0 aliphatic carbocycles. The third-order valence-corrected chi connectivity index (χ3v) is 3.20. The third kappa shape index (κ3) is 2.39. The lowest BCUT2D eigenvalue weighted by molar-refractivity contribution is 0.0192. The summed E-state index contributed by atoms with van der Waals surface area (Å²) in [5.74, 6) is 0. The van der Waals surface area contributed by atoms with E-state index in [-0.39, 0.29) is 17.6 Å². The summed E-state index contributed by atoms with van der Waals surface area (Å²) >= 11 is 0. The number of pyridine rings is 1. The van der Waals surface area contributed by atoms with E-state index in [2.05, 4.69) is 30.7 Å². The third-order valence-electron chi connectivity index (χ3n) is 3.20. The number of hydrogen-bond donors (Lipinski definition) is 1. The Bertz CT molecular complexity index is 428. The Kier molecular flexibility index (Phi) is 3.15. The molecule has 2 rings (SSSR count). The van der Waals surface area contributed by atoms with Gasteiger partial charge in [-0.3, -0.25) is 4.98 Å². The summed E-state index contributed by atoms with van der Waals surface area (Å²) in [6.45, 7) is 7.03. The van der Waals surface area contributed by atoms with Crippen molar-refractivity contribution >= 4 is 11.8 Å². The number of carbonyl (C=O) groups is 1. The van der Waals surface area contributed by atoms with Gasteiger partial charge in [0.2, 0.25) is 0 Å². The van der Waals surface area contributed by atoms with Crippen molar-refractivity contribution in [1.82, 2.24) is 4.98 Å². The van der Waals surface area contributed by atoms with Crippen LogP contribution in [0.4, 0.5) is 10.5 Å². The van der Waals surface area contributed by atoms with Crippen LogP contribution in [-0.4, -0.2) is 29.8 Å². The minimum absolute atomic E-state index is 0.00575. The van der Waals surface area contributed by atoms with Crippen molar-refractivity contribution in [2.24, 2.45) is 11.1 Å². The summed E-state index contributed by atoms with van der Waals surface area (Å²) < 4.78 is 5.15. The van der Waals surface area contributed by atoms with E-state index >= 15 is 0 Å². The quantitative estimate of drug-likeness (QED) is 0.867. The summed E-state index contributed by atoms with van der Waals surface area (Å²) in [6.07, 6.45) is 2.70. The van der Waals surface area contributed by atoms with Gasteiger partial charge in [-0.25, -0.2) is 4.79 Å². The summed E-state index contributed by atoms with van der Waals surface area (Å²) in [6, 6.07) is 4.03. The standard InChI is InChI=1S/C13H19N3O2/c1-13(2,3)11-10(18-12(14)17)8-16(11)9-5-4-6-15-7-9/h4-7,10-11H,8H2,1-3H3,(H2,14,17). The molecule has 1 fully saturated rings. The molecule has 1 aromatic heterocycles. The van der Waals surface area contributed by atoms with Gasteiger partial charge in [-0.15, -0.1) is 0 Å². The van der Waals surface area contributed by atoms with E-state index in [4.69, 9.17) is 10.5 Å². The Morgan fingerprint density at radius 2 is 2.28 bits per heavy atom. The normalized spacial score (nSPS) is 23.4. The highest BCUT2D eigenvalue weighted by atomic mass is 16.6. The van der Waals surface area contributed by atoms with Crippen LogP contribution < -0.4 is 10.6 Å². The van der Waals surface area contributed by atoms with E-state index in [0.717, 1.165) is 5.69 Å². The van der Waals surface area contributed by atoms with E-state index in [9.17, 15) is 4.79 Å². The molecule has 0 radical (unpaired) electrons. The second-order valence-corrected chi connectivity index (χ2v) is 5.65. The van der Waals surface area contributed by atoms with E-state index in [1.54, 1.807) is 6.20 Å². The lowest BCUT2D eigenvalue weighted by atomic mass is 9.77. The van der Waals surface area contributed by atoms with E-state index in [1.165, 1.54) is 0 Å². The van der Waals surface area contributed by atoms with Crippen molar-refractivity contribution in [3.05, 3.63) is 24.5 Å². The molecule has 18 heavy (non-hydrogen) atoms. The lowest BCUT2D eigenvalue weighted by Gasteiger charge is -2.54. The van der Waals surface area contributed by atoms with Crippen LogP contribution in [0.5, 0.6) is 0 Å². The van der Waals surface area contributed by atoms with Crippen molar-refractivity contribution in [2.45, 2.75) is 32.9 Å². The van der Waals surface area contributed by atoms with Gasteiger partial charge in [0, 0.05) is 6.20 Å². The summed E-state index contributed by atoms with van der Waals surface area (Å²) in [7, 11) is 0. The molecular weight excluding hydrogens is 230 g/mol. The first-order valence-corrected chi connectivity index (χ1v) is 6.02. The van der Waals surface area contributed by atoms with Crippen LogP contribution in [0, 0.1) is 5.41 Å². The summed E-state index contributed by atoms with van der Waals surface area (Å²) in [5, 5.41) is 0. The molecular formula is C13H19N3O2. The van der Waals surface area contributed by atoms with Crippen molar-refractivity contribution in [1.29, 1.82) is 0 Å². The second-order valence-electron chi connectivity index (χ2n) is 5.65. The van der Waals surface area contributed by atoms with Gasteiger partial charge in [0.25, 0.3) is 0 Å². The first-order valence-electron chi connectivity index (χ1n) is 6.02. The predicted molar refractivity (Wildman–Crippen MR) is 69.3 cm³/mol. The fourth-order valence-corrected chi connectivity index (χ4v) is 2.54. The fraction of sp³-hybridized carbons (Fsp3) is 0.538. The Labute approximate surface area is 107 Å². The number of hydrogen-bond acceptors (Lipinski definition) is 4. The maximum absolute atomic E-state index is 10.9. The van der Waals surface area contributed by atoms with Crippen LogP contribution in [0.25, 0.3) is 0 Å². The van der Waals surface area contributed by atoms with Crippen LogP contribution in [-0.2, 0) is 4.74 Å². The lowest BCUT2D eigenvalue weighted by Crippen LogP contribution is -2.67. The zero-order valence-electron chi connectivity index (χ0n) is 11.0. The number of nitrogens with zero attached hydrogens (tertiary/aromatic N) is 2. The number of rotatable bonds is 2. The minimum Gasteiger partial charge on any atom is -0.442 e. The van der Waals surface area contributed by atoms with Crippen LogP contribution in [0.3, 0.4) is 0 Å². The van der Waals surface area contributed by atoms with Crippen molar-refractivity contribution < 1.29 is 9.53 Å². The van der Waals surface area contributed by atoms with Crippen LogP contribution >= 0.6 is 0 Å². The van der Waals surface area contributed by atoms with Crippen LogP contribution in [0.2, 0.25) is 0 Å². The molecule has 1 aliphatic rings. The number of primary amides is 1. The van der Waals surface area contributed by atoms with Gasteiger partial charge in [0.05, 0.1) is 24.5 Å². The number of ether oxygens (including phenoxy) is 1. The van der Waals surface area contributed by atoms with Gasteiger partial charge in [-0.2, -0.15) is 0 Å². The molecule has 0 aromatic carbocycles. The molecule has 1 amide bonds.